The summed E-state index contributed by atoms with van der Waals surface area (Å²) >= 11 is 7.13. The lowest BCUT2D eigenvalue weighted by Gasteiger charge is -1.98. The lowest BCUT2D eigenvalue weighted by atomic mass is 10.2. The second kappa shape index (κ2) is 5.83. The minimum atomic E-state index is 0.120. The number of halogens is 1. The van der Waals surface area contributed by atoms with Crippen molar-refractivity contribution in [3.05, 3.63) is 34.9 Å². The predicted octanol–water partition coefficient (Wildman–Crippen LogP) is 3.22. The summed E-state index contributed by atoms with van der Waals surface area (Å²) in [7, 11) is 0. The van der Waals surface area contributed by atoms with Gasteiger partial charge in [0.1, 0.15) is 0 Å². The van der Waals surface area contributed by atoms with Gasteiger partial charge in [0.05, 0.1) is 10.7 Å². The minimum Gasteiger partial charge on any atom is -0.398 e. The van der Waals surface area contributed by atoms with Crippen LogP contribution in [0.15, 0.2) is 24.3 Å². The van der Waals surface area contributed by atoms with Gasteiger partial charge < -0.3 is 5.73 Å². The highest BCUT2D eigenvalue weighted by Gasteiger charge is 1.95. The lowest BCUT2D eigenvalue weighted by molar-refractivity contribution is -0.109. The van der Waals surface area contributed by atoms with Crippen molar-refractivity contribution in [3.63, 3.8) is 0 Å². The molecule has 0 atom stereocenters. The number of thioether (sulfide) groups is 1. The first-order valence-electron chi connectivity index (χ1n) is 4.44. The first-order chi connectivity index (χ1) is 7.09. The van der Waals surface area contributed by atoms with Crippen LogP contribution in [0.5, 0.6) is 0 Å². The molecule has 0 unspecified atom stereocenters. The summed E-state index contributed by atoms with van der Waals surface area (Å²) < 4.78 is 0. The van der Waals surface area contributed by atoms with Crippen LogP contribution in [0.25, 0.3) is 6.08 Å². The fraction of sp³-hybridized carbons (Fsp3) is 0.182. The Morgan fingerprint density at radius 1 is 1.60 bits per heavy atom. The predicted molar refractivity (Wildman–Crippen MR) is 68.0 cm³/mol. The van der Waals surface area contributed by atoms with Gasteiger partial charge in [-0.25, -0.2) is 0 Å². The molecule has 2 nitrogen and oxygen atoms in total. The molecule has 0 aliphatic heterocycles. The van der Waals surface area contributed by atoms with Crippen molar-refractivity contribution < 1.29 is 4.79 Å². The lowest BCUT2D eigenvalue weighted by Crippen LogP contribution is -1.86. The van der Waals surface area contributed by atoms with Crippen LogP contribution in [0.2, 0.25) is 5.02 Å². The van der Waals surface area contributed by atoms with E-state index in [-0.39, 0.29) is 5.12 Å². The summed E-state index contributed by atoms with van der Waals surface area (Å²) in [5, 5.41) is 0.673. The van der Waals surface area contributed by atoms with Crippen molar-refractivity contribution in [1.29, 1.82) is 0 Å². The Hall–Kier alpha value is -0.930. The zero-order valence-electron chi connectivity index (χ0n) is 8.37. The molecule has 0 aliphatic rings. The summed E-state index contributed by atoms with van der Waals surface area (Å²) in [6.07, 6.45) is 3.84. The molecule has 0 aromatic heterocycles. The maximum atomic E-state index is 10.6. The van der Waals surface area contributed by atoms with Crippen molar-refractivity contribution in [2.75, 3.05) is 11.5 Å². The van der Waals surface area contributed by atoms with E-state index in [1.54, 1.807) is 19.1 Å². The third-order valence-corrected chi connectivity index (χ3v) is 2.81. The maximum Gasteiger partial charge on any atom is 0.186 e. The number of rotatable bonds is 3. The van der Waals surface area contributed by atoms with Crippen LogP contribution < -0.4 is 5.73 Å². The Morgan fingerprint density at radius 2 is 2.33 bits per heavy atom. The molecular formula is C11H12ClNOS. The summed E-state index contributed by atoms with van der Waals surface area (Å²) in [5.41, 5.74) is 7.14. The highest BCUT2D eigenvalue weighted by atomic mass is 35.5. The molecule has 0 radical (unpaired) electrons. The van der Waals surface area contributed by atoms with Crippen LogP contribution in [-0.4, -0.2) is 10.9 Å². The van der Waals surface area contributed by atoms with Gasteiger partial charge in [0.2, 0.25) is 0 Å². The Balaban J connectivity index is 2.57. The van der Waals surface area contributed by atoms with Gasteiger partial charge in [-0.15, -0.1) is 0 Å². The molecule has 0 bridgehead atoms. The summed E-state index contributed by atoms with van der Waals surface area (Å²) in [6.45, 7) is 1.55. The van der Waals surface area contributed by atoms with Gasteiger partial charge in [0.25, 0.3) is 0 Å². The second-order valence-electron chi connectivity index (χ2n) is 2.99. The van der Waals surface area contributed by atoms with Crippen molar-refractivity contribution >= 4 is 40.2 Å². The SMILES string of the molecule is CC(=O)SCC=Cc1ccc(N)c(Cl)c1. The van der Waals surface area contributed by atoms with E-state index in [9.17, 15) is 4.79 Å². The fourth-order valence-corrected chi connectivity index (χ4v) is 1.61. The second-order valence-corrected chi connectivity index (χ2v) is 4.59. The van der Waals surface area contributed by atoms with Gasteiger partial charge in [-0.05, 0) is 17.7 Å². The normalized spacial score (nSPS) is 10.8. The first-order valence-corrected chi connectivity index (χ1v) is 5.81. The number of nitrogens with two attached hydrogens (primary N) is 1. The molecule has 0 fully saturated rings. The Kier molecular flexibility index (Phi) is 4.72. The van der Waals surface area contributed by atoms with Crippen LogP contribution in [0, 0.1) is 0 Å². The van der Waals surface area contributed by atoms with Crippen molar-refractivity contribution in [2.45, 2.75) is 6.92 Å². The molecule has 15 heavy (non-hydrogen) atoms. The van der Waals surface area contributed by atoms with Crippen LogP contribution >= 0.6 is 23.4 Å². The van der Waals surface area contributed by atoms with Gasteiger partial charge in [0.15, 0.2) is 5.12 Å². The molecule has 0 saturated carbocycles. The highest BCUT2D eigenvalue weighted by molar-refractivity contribution is 8.13. The first kappa shape index (κ1) is 12.1. The van der Waals surface area contributed by atoms with E-state index in [1.807, 2.05) is 18.2 Å². The Morgan fingerprint density at radius 3 is 2.93 bits per heavy atom. The van der Waals surface area contributed by atoms with Gasteiger partial charge in [0, 0.05) is 12.7 Å². The quantitative estimate of drug-likeness (QED) is 0.827. The van der Waals surface area contributed by atoms with Crippen molar-refractivity contribution in [2.24, 2.45) is 0 Å². The number of hydrogen-bond donors (Lipinski definition) is 1. The third-order valence-electron chi connectivity index (χ3n) is 1.72. The van der Waals surface area contributed by atoms with Crippen LogP contribution in [-0.2, 0) is 4.79 Å². The number of hydrogen-bond acceptors (Lipinski definition) is 3. The van der Waals surface area contributed by atoms with Gasteiger partial charge in [-0.1, -0.05) is 41.6 Å². The van der Waals surface area contributed by atoms with E-state index in [0.29, 0.717) is 16.5 Å². The van der Waals surface area contributed by atoms with E-state index in [0.717, 1.165) is 5.56 Å². The number of carbonyl (C=O) groups is 1. The molecule has 0 amide bonds. The van der Waals surface area contributed by atoms with Crippen LogP contribution in [0.4, 0.5) is 5.69 Å². The molecule has 4 heteroatoms. The number of benzene rings is 1. The monoisotopic (exact) mass is 241 g/mol. The molecule has 0 heterocycles. The zero-order valence-corrected chi connectivity index (χ0v) is 9.94. The van der Waals surface area contributed by atoms with Gasteiger partial charge >= 0.3 is 0 Å². The standard InChI is InChI=1S/C11H12ClNOS/c1-8(14)15-6-2-3-9-4-5-11(13)10(12)7-9/h2-5,7H,6,13H2,1H3. The van der Waals surface area contributed by atoms with E-state index < -0.39 is 0 Å². The molecular weight excluding hydrogens is 230 g/mol. The maximum absolute atomic E-state index is 10.6. The summed E-state index contributed by atoms with van der Waals surface area (Å²) in [5.74, 6) is 0.678. The largest absolute Gasteiger partial charge is 0.398 e. The minimum absolute atomic E-state index is 0.120. The number of anilines is 1. The zero-order chi connectivity index (χ0) is 11.3. The Bertz CT molecular complexity index is 390. The fourth-order valence-electron chi connectivity index (χ4n) is 0.997. The van der Waals surface area contributed by atoms with E-state index in [2.05, 4.69) is 0 Å². The average molecular weight is 242 g/mol. The molecule has 1 aromatic rings. The Labute approximate surface area is 98.5 Å². The van der Waals surface area contributed by atoms with E-state index in [1.165, 1.54) is 11.8 Å². The molecule has 80 valence electrons. The summed E-state index contributed by atoms with van der Waals surface area (Å²) in [6, 6.07) is 5.45. The van der Waals surface area contributed by atoms with Crippen LogP contribution in [0.1, 0.15) is 12.5 Å². The van der Waals surface area contributed by atoms with Crippen molar-refractivity contribution in [1.82, 2.24) is 0 Å². The van der Waals surface area contributed by atoms with E-state index >= 15 is 0 Å². The molecule has 0 spiro atoms. The number of nitrogen functional groups attached to an aromatic ring is 1. The average Bonchev–Trinajstić information content (AvgIpc) is 2.18. The van der Waals surface area contributed by atoms with Crippen molar-refractivity contribution in [3.8, 4) is 0 Å². The topological polar surface area (TPSA) is 43.1 Å². The van der Waals surface area contributed by atoms with Gasteiger partial charge in [-0.2, -0.15) is 0 Å². The molecule has 0 saturated heterocycles. The van der Waals surface area contributed by atoms with Gasteiger partial charge in [-0.3, -0.25) is 4.79 Å². The van der Waals surface area contributed by atoms with E-state index in [4.69, 9.17) is 17.3 Å². The molecule has 1 rings (SSSR count). The molecule has 1 aromatic carbocycles. The highest BCUT2D eigenvalue weighted by Crippen LogP contribution is 2.20. The number of carbonyl (C=O) groups excluding carboxylic acids is 1. The smallest absolute Gasteiger partial charge is 0.186 e. The van der Waals surface area contributed by atoms with Crippen LogP contribution in [0.3, 0.4) is 0 Å². The molecule has 0 aliphatic carbocycles. The third kappa shape index (κ3) is 4.40. The summed E-state index contributed by atoms with van der Waals surface area (Å²) in [4.78, 5) is 10.6. The molecule has 2 N–H and O–H groups in total.